The van der Waals surface area contributed by atoms with Gasteiger partial charge in [0.15, 0.2) is 0 Å². The Kier molecular flexibility index (Phi) is 5.78. The number of aryl methyl sites for hydroxylation is 1. The van der Waals surface area contributed by atoms with Gasteiger partial charge in [0.25, 0.3) is 0 Å². The first-order valence-electron chi connectivity index (χ1n) is 7.36. The van der Waals surface area contributed by atoms with E-state index in [0.717, 1.165) is 11.1 Å². The third-order valence-electron chi connectivity index (χ3n) is 3.37. The number of hydrogen-bond donors (Lipinski definition) is 1. The number of pyridine rings is 1. The van der Waals surface area contributed by atoms with Crippen LogP contribution < -0.4 is 5.32 Å². The zero-order valence-electron chi connectivity index (χ0n) is 13.5. The van der Waals surface area contributed by atoms with Crippen molar-refractivity contribution in [3.8, 4) is 6.07 Å². The summed E-state index contributed by atoms with van der Waals surface area (Å²) in [5.41, 5.74) is 2.56. The van der Waals surface area contributed by atoms with Crippen LogP contribution in [-0.2, 0) is 4.79 Å². The van der Waals surface area contributed by atoms with E-state index in [1.54, 1.807) is 0 Å². The third-order valence-corrected chi connectivity index (χ3v) is 4.49. The lowest BCUT2D eigenvalue weighted by atomic mass is 10.1. The predicted molar refractivity (Wildman–Crippen MR) is 93.6 cm³/mol. The highest BCUT2D eigenvalue weighted by Crippen LogP contribution is 2.27. The van der Waals surface area contributed by atoms with E-state index >= 15 is 0 Å². The summed E-state index contributed by atoms with van der Waals surface area (Å²) < 4.78 is 0. The van der Waals surface area contributed by atoms with Gasteiger partial charge in [0.05, 0.1) is 11.3 Å². The highest BCUT2D eigenvalue weighted by molar-refractivity contribution is 8.00. The Hall–Kier alpha value is -2.32. The molecule has 0 aliphatic carbocycles. The van der Waals surface area contributed by atoms with Crippen molar-refractivity contribution in [3.63, 3.8) is 0 Å². The van der Waals surface area contributed by atoms with Crippen molar-refractivity contribution in [2.24, 2.45) is 0 Å². The summed E-state index contributed by atoms with van der Waals surface area (Å²) in [6, 6.07) is 14.2. The fourth-order valence-electron chi connectivity index (χ4n) is 2.17. The highest BCUT2D eigenvalue weighted by Gasteiger charge is 2.13. The van der Waals surface area contributed by atoms with Crippen LogP contribution in [0.4, 0.5) is 5.82 Å². The van der Waals surface area contributed by atoms with E-state index < -0.39 is 0 Å². The summed E-state index contributed by atoms with van der Waals surface area (Å²) in [5.74, 6) is 1.09. The zero-order chi connectivity index (χ0) is 16.8. The van der Waals surface area contributed by atoms with Gasteiger partial charge in [-0.25, -0.2) is 4.98 Å². The van der Waals surface area contributed by atoms with Crippen LogP contribution in [0.5, 0.6) is 0 Å². The molecule has 118 valence electrons. The number of Topliss-reactive ketones (excluding diaryl/α,β-unsaturated/α-hetero) is 1. The van der Waals surface area contributed by atoms with Crippen LogP contribution in [0, 0.1) is 18.3 Å². The van der Waals surface area contributed by atoms with Gasteiger partial charge >= 0.3 is 0 Å². The average molecular weight is 325 g/mol. The van der Waals surface area contributed by atoms with Crippen molar-refractivity contribution in [3.05, 3.63) is 53.1 Å². The second-order valence-corrected chi connectivity index (χ2v) is 6.35. The van der Waals surface area contributed by atoms with Crippen molar-refractivity contribution in [2.75, 3.05) is 11.1 Å². The Labute approximate surface area is 140 Å². The second-order valence-electron chi connectivity index (χ2n) is 5.38. The standard InChI is InChI=1S/C18H19N3OS/c1-12-9-17(20-14(3)15-7-5-4-6-8-15)21-18(16(12)10-19)23-11-13(2)22/h4-9,14H,11H2,1-3H3,(H,20,21)/t14-/m1/s1. The largest absolute Gasteiger partial charge is 0.364 e. The lowest BCUT2D eigenvalue weighted by molar-refractivity contribution is -0.114. The van der Waals surface area contributed by atoms with Gasteiger partial charge in [0, 0.05) is 6.04 Å². The van der Waals surface area contributed by atoms with Crippen molar-refractivity contribution < 1.29 is 4.79 Å². The van der Waals surface area contributed by atoms with Gasteiger partial charge in [0.2, 0.25) is 0 Å². The maximum absolute atomic E-state index is 11.2. The quantitative estimate of drug-likeness (QED) is 0.809. The summed E-state index contributed by atoms with van der Waals surface area (Å²) in [4.78, 5) is 15.7. The number of anilines is 1. The molecule has 0 aliphatic heterocycles. The fraction of sp³-hybridized carbons (Fsp3) is 0.278. The van der Waals surface area contributed by atoms with Gasteiger partial charge in [-0.2, -0.15) is 5.26 Å². The van der Waals surface area contributed by atoms with Crippen molar-refractivity contribution in [1.82, 2.24) is 4.98 Å². The van der Waals surface area contributed by atoms with Gasteiger partial charge in [-0.3, -0.25) is 4.79 Å². The van der Waals surface area contributed by atoms with Gasteiger partial charge < -0.3 is 5.32 Å². The molecule has 4 nitrogen and oxygen atoms in total. The number of carbonyl (C=O) groups is 1. The maximum Gasteiger partial charge on any atom is 0.140 e. The minimum atomic E-state index is 0.0642. The van der Waals surface area contributed by atoms with E-state index in [-0.39, 0.29) is 11.8 Å². The van der Waals surface area contributed by atoms with Crippen molar-refractivity contribution >= 4 is 23.4 Å². The van der Waals surface area contributed by atoms with E-state index in [1.807, 2.05) is 31.2 Å². The Morgan fingerprint density at radius 3 is 2.70 bits per heavy atom. The molecule has 2 rings (SSSR count). The van der Waals surface area contributed by atoms with Crippen LogP contribution >= 0.6 is 11.8 Å². The molecular weight excluding hydrogens is 306 g/mol. The van der Waals surface area contributed by atoms with Crippen LogP contribution in [0.15, 0.2) is 41.4 Å². The molecule has 0 fully saturated rings. The number of aromatic nitrogens is 1. The number of rotatable bonds is 6. The molecule has 1 aromatic carbocycles. The fourth-order valence-corrected chi connectivity index (χ4v) is 3.03. The third kappa shape index (κ3) is 4.57. The van der Waals surface area contributed by atoms with Gasteiger partial charge in [-0.15, -0.1) is 0 Å². The zero-order valence-corrected chi connectivity index (χ0v) is 14.3. The highest BCUT2D eigenvalue weighted by atomic mass is 32.2. The molecule has 1 heterocycles. The summed E-state index contributed by atoms with van der Waals surface area (Å²) in [6.45, 7) is 5.48. The molecule has 1 N–H and O–H groups in total. The normalized spacial score (nSPS) is 11.6. The number of thioether (sulfide) groups is 1. The van der Waals surface area contributed by atoms with Crippen LogP contribution in [0.2, 0.25) is 0 Å². The topological polar surface area (TPSA) is 65.8 Å². The van der Waals surface area contributed by atoms with Crippen LogP contribution in [0.1, 0.15) is 36.6 Å². The number of nitriles is 1. The molecule has 0 amide bonds. The number of ketones is 1. The molecule has 23 heavy (non-hydrogen) atoms. The first-order chi connectivity index (χ1) is 11.0. The Bertz CT molecular complexity index is 738. The smallest absolute Gasteiger partial charge is 0.140 e. The SMILES string of the molecule is CC(=O)CSc1nc(N[C@H](C)c2ccccc2)cc(C)c1C#N. The molecule has 0 aliphatic rings. The molecule has 5 heteroatoms. The van der Waals surface area contributed by atoms with Crippen LogP contribution in [0.25, 0.3) is 0 Å². The van der Waals surface area contributed by atoms with Gasteiger partial charge in [-0.1, -0.05) is 42.1 Å². The Morgan fingerprint density at radius 1 is 1.39 bits per heavy atom. The number of nitrogens with zero attached hydrogens (tertiary/aromatic N) is 2. The molecule has 2 aromatic rings. The number of nitrogens with one attached hydrogen (secondary N) is 1. The molecule has 0 saturated carbocycles. The number of benzene rings is 1. The molecule has 1 aromatic heterocycles. The van der Waals surface area contributed by atoms with Crippen molar-refractivity contribution in [2.45, 2.75) is 31.8 Å². The minimum Gasteiger partial charge on any atom is -0.364 e. The van der Waals surface area contributed by atoms with E-state index in [0.29, 0.717) is 22.2 Å². The molecule has 0 unspecified atom stereocenters. The summed E-state index contributed by atoms with van der Waals surface area (Å²) >= 11 is 1.31. The summed E-state index contributed by atoms with van der Waals surface area (Å²) in [6.07, 6.45) is 0. The van der Waals surface area contributed by atoms with Gasteiger partial charge in [0.1, 0.15) is 22.7 Å². The minimum absolute atomic E-state index is 0.0642. The first-order valence-corrected chi connectivity index (χ1v) is 8.35. The van der Waals surface area contributed by atoms with Gasteiger partial charge in [-0.05, 0) is 38.0 Å². The molecule has 0 radical (unpaired) electrons. The monoisotopic (exact) mass is 325 g/mol. The lowest BCUT2D eigenvalue weighted by Gasteiger charge is -2.16. The second kappa shape index (κ2) is 7.80. The van der Waals surface area contributed by atoms with Crippen LogP contribution in [0.3, 0.4) is 0 Å². The Balaban J connectivity index is 2.25. The van der Waals surface area contributed by atoms with E-state index in [2.05, 4.69) is 35.4 Å². The molecule has 0 spiro atoms. The average Bonchev–Trinajstić information content (AvgIpc) is 2.53. The molecular formula is C18H19N3OS. The number of hydrogen-bond acceptors (Lipinski definition) is 5. The first kappa shape index (κ1) is 17.0. The summed E-state index contributed by atoms with van der Waals surface area (Å²) in [7, 11) is 0. The molecule has 0 bridgehead atoms. The van der Waals surface area contributed by atoms with Crippen molar-refractivity contribution in [1.29, 1.82) is 5.26 Å². The van der Waals surface area contributed by atoms with E-state index in [1.165, 1.54) is 18.7 Å². The molecule has 0 saturated heterocycles. The lowest BCUT2D eigenvalue weighted by Crippen LogP contribution is -2.09. The van der Waals surface area contributed by atoms with E-state index in [4.69, 9.17) is 0 Å². The maximum atomic E-state index is 11.2. The summed E-state index contributed by atoms with van der Waals surface area (Å²) in [5, 5.41) is 13.3. The van der Waals surface area contributed by atoms with Crippen LogP contribution in [-0.4, -0.2) is 16.5 Å². The van der Waals surface area contributed by atoms with E-state index in [9.17, 15) is 10.1 Å². The predicted octanol–water partition coefficient (Wildman–Crippen LogP) is 4.12. The molecule has 1 atom stereocenters. The Morgan fingerprint density at radius 2 is 2.09 bits per heavy atom. The number of carbonyl (C=O) groups excluding carboxylic acids is 1.